The zero-order valence-corrected chi connectivity index (χ0v) is 15.4. The Labute approximate surface area is 159 Å². The number of nitrogens with zero attached hydrogens (tertiary/aromatic N) is 4. The Morgan fingerprint density at radius 1 is 1.11 bits per heavy atom. The third kappa shape index (κ3) is 3.08. The van der Waals surface area contributed by atoms with Gasteiger partial charge in [0.15, 0.2) is 0 Å². The summed E-state index contributed by atoms with van der Waals surface area (Å²) in [7, 11) is 0. The first kappa shape index (κ1) is 16.4. The zero-order valence-electron chi connectivity index (χ0n) is 15.4. The smallest absolute Gasteiger partial charge is 0.122 e. The van der Waals surface area contributed by atoms with Crippen LogP contribution < -0.4 is 4.74 Å². The van der Waals surface area contributed by atoms with Crippen molar-refractivity contribution in [2.75, 3.05) is 13.2 Å². The van der Waals surface area contributed by atoms with E-state index in [9.17, 15) is 0 Å². The van der Waals surface area contributed by atoms with Crippen molar-refractivity contribution in [2.45, 2.75) is 32.4 Å². The van der Waals surface area contributed by atoms with E-state index in [0.717, 1.165) is 60.9 Å². The third-order valence-corrected chi connectivity index (χ3v) is 5.63. The third-order valence-electron chi connectivity index (χ3n) is 5.63. The highest BCUT2D eigenvalue weighted by Gasteiger charge is 2.25. The standard InChI is InChI=1S/C22H22N4O/c1-15(17-5-4-16-7-10-27-22(16)11-17)26-9-6-19-21(14-26)24-13-20(25-19)18-3-2-8-23-12-18/h2-5,8,11-13,15H,6-7,9-10,14H2,1H3. The number of hydrogen-bond donors (Lipinski definition) is 0. The minimum Gasteiger partial charge on any atom is -0.493 e. The predicted molar refractivity (Wildman–Crippen MR) is 103 cm³/mol. The van der Waals surface area contributed by atoms with E-state index in [4.69, 9.17) is 14.7 Å². The molecule has 27 heavy (non-hydrogen) atoms. The van der Waals surface area contributed by atoms with E-state index in [1.54, 1.807) is 6.20 Å². The van der Waals surface area contributed by atoms with Crippen LogP contribution in [0.2, 0.25) is 0 Å². The molecule has 136 valence electrons. The molecule has 5 heteroatoms. The molecule has 0 N–H and O–H groups in total. The largest absolute Gasteiger partial charge is 0.493 e. The summed E-state index contributed by atoms with van der Waals surface area (Å²) < 4.78 is 5.74. The molecular weight excluding hydrogens is 336 g/mol. The molecule has 0 aliphatic carbocycles. The van der Waals surface area contributed by atoms with Crippen LogP contribution in [-0.4, -0.2) is 33.0 Å². The van der Waals surface area contributed by atoms with Gasteiger partial charge in [-0.2, -0.15) is 0 Å². The highest BCUT2D eigenvalue weighted by Crippen LogP contribution is 2.32. The van der Waals surface area contributed by atoms with Gasteiger partial charge in [-0.3, -0.25) is 14.9 Å². The van der Waals surface area contributed by atoms with Crippen LogP contribution in [0, 0.1) is 0 Å². The normalized spacial score (nSPS) is 17.1. The van der Waals surface area contributed by atoms with E-state index in [1.165, 1.54) is 11.1 Å². The number of pyridine rings is 1. The predicted octanol–water partition coefficient (Wildman–Crippen LogP) is 3.59. The van der Waals surface area contributed by atoms with Crippen LogP contribution in [0.3, 0.4) is 0 Å². The lowest BCUT2D eigenvalue weighted by Gasteiger charge is -2.33. The van der Waals surface area contributed by atoms with Crippen molar-refractivity contribution in [1.29, 1.82) is 0 Å². The summed E-state index contributed by atoms with van der Waals surface area (Å²) in [5.74, 6) is 1.05. The Kier molecular flexibility index (Phi) is 4.09. The maximum atomic E-state index is 5.74. The summed E-state index contributed by atoms with van der Waals surface area (Å²) in [5.41, 5.74) is 6.74. The van der Waals surface area contributed by atoms with Crippen molar-refractivity contribution in [3.05, 3.63) is 71.4 Å². The van der Waals surface area contributed by atoms with E-state index in [0.29, 0.717) is 6.04 Å². The van der Waals surface area contributed by atoms with Crippen LogP contribution in [0.1, 0.15) is 35.5 Å². The summed E-state index contributed by atoms with van der Waals surface area (Å²) in [6.45, 7) is 4.88. The molecule has 2 aliphatic heterocycles. The molecule has 5 nitrogen and oxygen atoms in total. The average Bonchev–Trinajstić information content (AvgIpc) is 3.21. The minimum absolute atomic E-state index is 0.326. The molecule has 2 aromatic heterocycles. The molecule has 0 saturated carbocycles. The van der Waals surface area contributed by atoms with Crippen molar-refractivity contribution in [3.8, 4) is 17.0 Å². The minimum atomic E-state index is 0.326. The van der Waals surface area contributed by atoms with Crippen LogP contribution in [-0.2, 0) is 19.4 Å². The van der Waals surface area contributed by atoms with E-state index < -0.39 is 0 Å². The fourth-order valence-electron chi connectivity index (χ4n) is 3.94. The molecule has 0 spiro atoms. The second-order valence-corrected chi connectivity index (χ2v) is 7.25. The molecule has 3 aromatic rings. The Morgan fingerprint density at radius 3 is 2.96 bits per heavy atom. The molecular formula is C22H22N4O. The summed E-state index contributed by atoms with van der Waals surface area (Å²) >= 11 is 0. The summed E-state index contributed by atoms with van der Waals surface area (Å²) in [4.78, 5) is 16.2. The number of hydrogen-bond acceptors (Lipinski definition) is 5. The molecule has 5 rings (SSSR count). The number of benzene rings is 1. The molecule has 0 bridgehead atoms. The van der Waals surface area contributed by atoms with Gasteiger partial charge in [-0.15, -0.1) is 0 Å². The Morgan fingerprint density at radius 2 is 2.07 bits per heavy atom. The van der Waals surface area contributed by atoms with Crippen molar-refractivity contribution in [2.24, 2.45) is 0 Å². The molecule has 4 heterocycles. The topological polar surface area (TPSA) is 51.1 Å². The molecule has 1 unspecified atom stereocenters. The zero-order chi connectivity index (χ0) is 18.2. The van der Waals surface area contributed by atoms with Crippen molar-refractivity contribution in [3.63, 3.8) is 0 Å². The fraction of sp³-hybridized carbons (Fsp3) is 0.318. The van der Waals surface area contributed by atoms with Gasteiger partial charge in [0.1, 0.15) is 5.75 Å². The van der Waals surface area contributed by atoms with E-state index in [-0.39, 0.29) is 0 Å². The van der Waals surface area contributed by atoms with Crippen molar-refractivity contribution in [1.82, 2.24) is 19.9 Å². The summed E-state index contributed by atoms with van der Waals surface area (Å²) in [5, 5.41) is 0. The molecule has 0 radical (unpaired) electrons. The van der Waals surface area contributed by atoms with Crippen molar-refractivity contribution >= 4 is 0 Å². The lowest BCUT2D eigenvalue weighted by molar-refractivity contribution is 0.187. The van der Waals surface area contributed by atoms with Gasteiger partial charge < -0.3 is 4.74 Å². The Balaban J connectivity index is 1.36. The highest BCUT2D eigenvalue weighted by atomic mass is 16.5. The maximum absolute atomic E-state index is 5.74. The van der Waals surface area contributed by atoms with E-state index in [2.05, 4.69) is 35.0 Å². The van der Waals surface area contributed by atoms with Crippen LogP contribution in [0.5, 0.6) is 5.75 Å². The van der Waals surface area contributed by atoms with Crippen LogP contribution in [0.25, 0.3) is 11.3 Å². The molecule has 1 aromatic carbocycles. The van der Waals surface area contributed by atoms with Gasteiger partial charge in [-0.05, 0) is 36.2 Å². The first-order chi connectivity index (χ1) is 13.3. The van der Waals surface area contributed by atoms with Gasteiger partial charge in [-0.25, -0.2) is 4.98 Å². The van der Waals surface area contributed by atoms with Crippen LogP contribution >= 0.6 is 0 Å². The molecule has 0 amide bonds. The van der Waals surface area contributed by atoms with E-state index >= 15 is 0 Å². The van der Waals surface area contributed by atoms with Gasteiger partial charge in [0.2, 0.25) is 0 Å². The molecule has 0 fully saturated rings. The van der Waals surface area contributed by atoms with Gasteiger partial charge in [-0.1, -0.05) is 12.1 Å². The second kappa shape index (κ2) is 6.74. The Bertz CT molecular complexity index is 973. The van der Waals surface area contributed by atoms with E-state index in [1.807, 2.05) is 24.5 Å². The molecule has 2 aliphatic rings. The number of rotatable bonds is 3. The first-order valence-corrected chi connectivity index (χ1v) is 9.53. The quantitative estimate of drug-likeness (QED) is 0.716. The average molecular weight is 358 g/mol. The summed E-state index contributed by atoms with van der Waals surface area (Å²) in [6.07, 6.45) is 7.42. The SMILES string of the molecule is CC(c1ccc2c(c1)OCC2)N1CCc2nc(-c3cccnc3)cnc2C1. The fourth-order valence-corrected chi connectivity index (χ4v) is 3.94. The second-order valence-electron chi connectivity index (χ2n) is 7.25. The highest BCUT2D eigenvalue weighted by molar-refractivity contribution is 5.56. The maximum Gasteiger partial charge on any atom is 0.122 e. The summed E-state index contributed by atoms with van der Waals surface area (Å²) in [6, 6.07) is 10.9. The number of aromatic nitrogens is 3. The molecule has 1 atom stereocenters. The number of ether oxygens (including phenoxy) is 1. The number of fused-ring (bicyclic) bond motifs is 2. The lowest BCUT2D eigenvalue weighted by atomic mass is 10.0. The van der Waals surface area contributed by atoms with Crippen LogP contribution in [0.15, 0.2) is 48.9 Å². The van der Waals surface area contributed by atoms with Gasteiger partial charge >= 0.3 is 0 Å². The van der Waals surface area contributed by atoms with Gasteiger partial charge in [0.05, 0.1) is 29.9 Å². The lowest BCUT2D eigenvalue weighted by Crippen LogP contribution is -2.34. The van der Waals surface area contributed by atoms with Gasteiger partial charge in [0, 0.05) is 49.9 Å². The Hall–Kier alpha value is -2.79. The first-order valence-electron chi connectivity index (χ1n) is 9.53. The molecule has 0 saturated heterocycles. The van der Waals surface area contributed by atoms with Crippen LogP contribution in [0.4, 0.5) is 0 Å². The monoisotopic (exact) mass is 358 g/mol. The van der Waals surface area contributed by atoms with Gasteiger partial charge in [0.25, 0.3) is 0 Å². The van der Waals surface area contributed by atoms with Crippen molar-refractivity contribution < 1.29 is 4.74 Å².